The Kier molecular flexibility index (Phi) is 7.09. The normalized spacial score (nSPS) is 17.4. The summed E-state index contributed by atoms with van der Waals surface area (Å²) in [6.07, 6.45) is 17.0. The predicted octanol–water partition coefficient (Wildman–Crippen LogP) is 10.2. The van der Waals surface area contributed by atoms with Crippen LogP contribution in [0, 0.1) is 0 Å². The van der Waals surface area contributed by atoms with Crippen LogP contribution < -0.4 is 4.57 Å². The van der Waals surface area contributed by atoms with Crippen molar-refractivity contribution >= 4 is 33.6 Å². The van der Waals surface area contributed by atoms with Gasteiger partial charge >= 0.3 is 5.97 Å². The summed E-state index contributed by atoms with van der Waals surface area (Å²) in [6.45, 7) is 6.87. The summed E-state index contributed by atoms with van der Waals surface area (Å²) >= 11 is 0. The quantitative estimate of drug-likeness (QED) is 0.115. The highest BCUT2D eigenvalue weighted by molar-refractivity contribution is 6.11. The van der Waals surface area contributed by atoms with Crippen LogP contribution in [0.5, 0.6) is 0 Å². The van der Waals surface area contributed by atoms with E-state index in [0.29, 0.717) is 17.8 Å². The summed E-state index contributed by atoms with van der Waals surface area (Å²) in [6, 6.07) is 27.3. The highest BCUT2D eigenvalue weighted by Gasteiger charge is 2.37. The maximum atomic E-state index is 13.3. The molecule has 8 rings (SSSR count). The number of benzene rings is 4. The van der Waals surface area contributed by atoms with Crippen LogP contribution in [0.25, 0.3) is 50.0 Å². The van der Waals surface area contributed by atoms with Gasteiger partial charge in [0.15, 0.2) is 6.20 Å². The number of pyridine rings is 1. The van der Waals surface area contributed by atoms with Crippen LogP contribution in [0.3, 0.4) is 0 Å². The Labute approximate surface area is 277 Å². The molecule has 2 heterocycles. The molecule has 0 N–H and O–H groups in total. The number of esters is 1. The molecule has 2 aliphatic carbocycles. The maximum Gasteiger partial charge on any atom is 0.343 e. The molecule has 0 atom stereocenters. The second-order valence-electron chi connectivity index (χ2n) is 13.8. The van der Waals surface area contributed by atoms with E-state index >= 15 is 0 Å². The highest BCUT2D eigenvalue weighted by Crippen LogP contribution is 2.51. The third-order valence-electron chi connectivity index (χ3n) is 10.4. The van der Waals surface area contributed by atoms with Gasteiger partial charge in [0.25, 0.3) is 0 Å². The Balaban J connectivity index is 1.37. The minimum atomic E-state index is -0.260. The monoisotopic (exact) mass is 614 g/mol. The number of aryl methyl sites for hydroxylation is 2. The zero-order chi connectivity index (χ0) is 32.3. The Hall–Kier alpha value is -5.02. The fourth-order valence-corrected chi connectivity index (χ4v) is 8.02. The number of ether oxygens (including phenoxy) is 1. The van der Waals surface area contributed by atoms with Crippen molar-refractivity contribution in [3.8, 4) is 22.4 Å². The Morgan fingerprint density at radius 2 is 1.72 bits per heavy atom. The predicted molar refractivity (Wildman–Crippen MR) is 193 cm³/mol. The molecular formula is C44H40NO2+. The van der Waals surface area contributed by atoms with Crippen LogP contribution in [0.15, 0.2) is 120 Å². The average molecular weight is 615 g/mol. The lowest BCUT2D eigenvalue weighted by Crippen LogP contribution is -2.31. The van der Waals surface area contributed by atoms with Gasteiger partial charge in [-0.25, -0.2) is 9.36 Å². The first kappa shape index (κ1) is 29.4. The van der Waals surface area contributed by atoms with E-state index in [1.54, 1.807) is 0 Å². The Morgan fingerprint density at radius 3 is 2.60 bits per heavy atom. The molecule has 0 unspecified atom stereocenters. The smallest absolute Gasteiger partial charge is 0.343 e. The van der Waals surface area contributed by atoms with E-state index in [2.05, 4.69) is 124 Å². The SMILES string of the molecule is CCCc1ccc2c(ccc3c(-c4cc5c(cc4C=C4CC6=C(C=CC=CCC6)C(=O)O4)C(C)(C)c4ccccc4-5)[n+](C)ccc32)c1. The number of aromatic nitrogens is 1. The van der Waals surface area contributed by atoms with E-state index in [-0.39, 0.29) is 11.4 Å². The van der Waals surface area contributed by atoms with Gasteiger partial charge in [0.05, 0.1) is 16.5 Å². The topological polar surface area (TPSA) is 30.2 Å². The van der Waals surface area contributed by atoms with Gasteiger partial charge in [-0.1, -0.05) is 94.0 Å². The van der Waals surface area contributed by atoms with Crippen LogP contribution in [0.4, 0.5) is 0 Å². The molecule has 47 heavy (non-hydrogen) atoms. The molecule has 0 saturated heterocycles. The van der Waals surface area contributed by atoms with Gasteiger partial charge in [-0.2, -0.15) is 0 Å². The first-order chi connectivity index (χ1) is 22.8. The maximum absolute atomic E-state index is 13.3. The molecular weight excluding hydrogens is 574 g/mol. The van der Waals surface area contributed by atoms with Crippen LogP contribution in [-0.2, 0) is 28.4 Å². The van der Waals surface area contributed by atoms with Crippen molar-refractivity contribution in [1.29, 1.82) is 0 Å². The van der Waals surface area contributed by atoms with Crippen molar-refractivity contribution in [1.82, 2.24) is 0 Å². The van der Waals surface area contributed by atoms with Gasteiger partial charge in [0.1, 0.15) is 12.8 Å². The fourth-order valence-electron chi connectivity index (χ4n) is 8.02. The lowest BCUT2D eigenvalue weighted by atomic mass is 9.81. The van der Waals surface area contributed by atoms with Crippen LogP contribution in [0.2, 0.25) is 0 Å². The van der Waals surface area contributed by atoms with Crippen molar-refractivity contribution in [3.63, 3.8) is 0 Å². The third kappa shape index (κ3) is 4.88. The number of hydrogen-bond donors (Lipinski definition) is 0. The van der Waals surface area contributed by atoms with Gasteiger partial charge in [-0.3, -0.25) is 0 Å². The molecule has 0 amide bonds. The van der Waals surface area contributed by atoms with Gasteiger partial charge in [0.2, 0.25) is 5.69 Å². The zero-order valence-corrected chi connectivity index (χ0v) is 27.7. The molecule has 1 aliphatic heterocycles. The van der Waals surface area contributed by atoms with Crippen LogP contribution in [-0.4, -0.2) is 5.97 Å². The largest absolute Gasteiger partial charge is 0.427 e. The summed E-state index contributed by atoms with van der Waals surface area (Å²) in [5.74, 6) is 0.446. The number of hydrogen-bond acceptors (Lipinski definition) is 2. The molecule has 0 fully saturated rings. The minimum Gasteiger partial charge on any atom is -0.427 e. The van der Waals surface area contributed by atoms with Crippen molar-refractivity contribution in [2.75, 3.05) is 0 Å². The highest BCUT2D eigenvalue weighted by atomic mass is 16.5. The second-order valence-corrected chi connectivity index (χ2v) is 13.8. The van der Waals surface area contributed by atoms with E-state index in [1.165, 1.54) is 49.4 Å². The number of fused-ring (bicyclic) bond motifs is 6. The first-order valence-electron chi connectivity index (χ1n) is 16.9. The summed E-state index contributed by atoms with van der Waals surface area (Å²) < 4.78 is 8.31. The van der Waals surface area contributed by atoms with E-state index in [9.17, 15) is 4.79 Å². The van der Waals surface area contributed by atoms with Gasteiger partial charge in [0, 0.05) is 23.3 Å². The summed E-state index contributed by atoms with van der Waals surface area (Å²) in [4.78, 5) is 13.3. The summed E-state index contributed by atoms with van der Waals surface area (Å²) in [5.41, 5.74) is 11.6. The van der Waals surface area contributed by atoms with E-state index < -0.39 is 0 Å². The van der Waals surface area contributed by atoms with Crippen LogP contribution >= 0.6 is 0 Å². The lowest BCUT2D eigenvalue weighted by molar-refractivity contribution is -0.659. The van der Waals surface area contributed by atoms with E-state index in [0.717, 1.165) is 48.1 Å². The lowest BCUT2D eigenvalue weighted by Gasteiger charge is -2.23. The molecule has 1 aromatic heterocycles. The second kappa shape index (κ2) is 11.3. The van der Waals surface area contributed by atoms with E-state index in [4.69, 9.17) is 4.74 Å². The van der Waals surface area contributed by atoms with Crippen LogP contribution in [0.1, 0.15) is 68.7 Å². The van der Waals surface area contributed by atoms with E-state index in [1.807, 2.05) is 18.2 Å². The number of nitrogens with zero attached hydrogens (tertiary/aromatic N) is 1. The number of rotatable bonds is 4. The van der Waals surface area contributed by atoms with Gasteiger partial charge in [-0.15, -0.1) is 0 Å². The van der Waals surface area contributed by atoms with Crippen molar-refractivity contribution in [2.45, 2.75) is 58.3 Å². The van der Waals surface area contributed by atoms with Crippen molar-refractivity contribution in [3.05, 3.63) is 142 Å². The number of allylic oxidation sites excluding steroid dienone is 4. The fraction of sp³-hybridized carbons (Fsp3) is 0.227. The molecule has 0 bridgehead atoms. The Bertz CT molecular complexity index is 2260. The third-order valence-corrected chi connectivity index (χ3v) is 10.4. The molecule has 3 aliphatic rings. The molecule has 3 nitrogen and oxygen atoms in total. The van der Waals surface area contributed by atoms with Gasteiger partial charge in [-0.05, 0) is 99.3 Å². The average Bonchev–Trinajstić information content (AvgIpc) is 3.27. The Morgan fingerprint density at radius 1 is 0.872 bits per heavy atom. The standard InChI is InChI=1S/C44H40NO2/c1-5-12-28-17-19-33-30(23-28)18-20-37-35(33)21-22-45(4)42(37)38-27-39-36-15-10-11-16-40(36)44(2,3)41(39)26-31(38)25-32-24-29-13-8-6-7-9-14-34(29)43(46)47-32/h6-7,9-11,14-23,25-27H,5,8,12-13,24H2,1-4H3/q+1. The van der Waals surface area contributed by atoms with Gasteiger partial charge < -0.3 is 4.74 Å². The number of carbonyl (C=O) groups excluding carboxylic acids is 1. The molecule has 4 aromatic carbocycles. The molecule has 0 saturated carbocycles. The molecule has 0 spiro atoms. The summed E-state index contributed by atoms with van der Waals surface area (Å²) in [7, 11) is 2.14. The number of cyclic esters (lactones) is 1. The first-order valence-corrected chi connectivity index (χ1v) is 16.9. The minimum absolute atomic E-state index is 0.152. The summed E-state index contributed by atoms with van der Waals surface area (Å²) in [5, 5.41) is 4.99. The zero-order valence-electron chi connectivity index (χ0n) is 27.7. The molecule has 0 radical (unpaired) electrons. The molecule has 5 aromatic rings. The molecule has 3 heteroatoms. The molecule has 232 valence electrons. The van der Waals surface area contributed by atoms with Crippen molar-refractivity contribution < 1.29 is 14.1 Å². The number of carbonyl (C=O) groups is 1. The van der Waals surface area contributed by atoms with Crippen molar-refractivity contribution in [2.24, 2.45) is 7.05 Å².